The van der Waals surface area contributed by atoms with Crippen LogP contribution < -0.4 is 0 Å². The van der Waals surface area contributed by atoms with Gasteiger partial charge in [-0.05, 0) is 74.6 Å². The molecule has 11 aromatic rings. The largest absolute Gasteiger partial charge is 0.455 e. The van der Waals surface area contributed by atoms with E-state index in [1.54, 1.807) is 0 Å². The summed E-state index contributed by atoms with van der Waals surface area (Å²) < 4.78 is 16.3. The molecule has 0 fully saturated rings. The van der Waals surface area contributed by atoms with Crippen molar-refractivity contribution in [1.29, 1.82) is 0 Å². The first kappa shape index (κ1) is 26.9. The van der Waals surface area contributed by atoms with E-state index in [2.05, 4.69) is 146 Å². The molecule has 0 N–H and O–H groups in total. The van der Waals surface area contributed by atoms with Crippen molar-refractivity contribution < 1.29 is 8.83 Å². The van der Waals surface area contributed by atoms with Gasteiger partial charge in [0.15, 0.2) is 0 Å². The number of rotatable bonds is 3. The fourth-order valence-corrected chi connectivity index (χ4v) is 9.08. The van der Waals surface area contributed by atoms with E-state index in [4.69, 9.17) is 8.83 Å². The second kappa shape index (κ2) is 10.2. The van der Waals surface area contributed by atoms with Crippen molar-refractivity contribution in [2.75, 3.05) is 0 Å². The molecule has 2 nitrogen and oxygen atoms in total. The molecule has 8 aromatic carbocycles. The predicted molar refractivity (Wildman–Crippen MR) is 208 cm³/mol. The summed E-state index contributed by atoms with van der Waals surface area (Å²) in [7, 11) is 0. The smallest absolute Gasteiger partial charge is 0.147 e. The highest BCUT2D eigenvalue weighted by atomic mass is 32.1. The zero-order valence-electron chi connectivity index (χ0n) is 26.2. The Morgan fingerprint density at radius 1 is 0.347 bits per heavy atom. The Balaban J connectivity index is 1.28. The fourth-order valence-electron chi connectivity index (χ4n) is 7.99. The molecule has 0 saturated carbocycles. The van der Waals surface area contributed by atoms with Gasteiger partial charge in [-0.1, -0.05) is 121 Å². The minimum atomic E-state index is 0.812. The molecule has 3 heterocycles. The summed E-state index contributed by atoms with van der Waals surface area (Å²) in [5.74, 6) is 0.854. The van der Waals surface area contributed by atoms with Crippen LogP contribution in [0, 0.1) is 0 Å². The molecule has 0 aliphatic rings. The molecule has 0 atom stereocenters. The van der Waals surface area contributed by atoms with Crippen LogP contribution in [0.25, 0.3) is 108 Å². The van der Waals surface area contributed by atoms with Crippen LogP contribution in [0.3, 0.4) is 0 Å². The van der Waals surface area contributed by atoms with Crippen LogP contribution in [0.1, 0.15) is 0 Å². The van der Waals surface area contributed by atoms with Gasteiger partial charge in [-0.2, -0.15) is 0 Å². The van der Waals surface area contributed by atoms with E-state index in [-0.39, 0.29) is 0 Å². The normalized spacial score (nSPS) is 12.1. The molecule has 0 unspecified atom stereocenters. The second-order valence-electron chi connectivity index (χ2n) is 12.7. The molecule has 3 heteroatoms. The summed E-state index contributed by atoms with van der Waals surface area (Å²) in [6, 6.07) is 56.4. The zero-order valence-corrected chi connectivity index (χ0v) is 27.1. The maximum atomic E-state index is 7.04. The minimum absolute atomic E-state index is 0.812. The van der Waals surface area contributed by atoms with E-state index in [9.17, 15) is 0 Å². The summed E-state index contributed by atoms with van der Waals surface area (Å²) in [4.78, 5) is 0. The molecule has 3 aromatic heterocycles. The van der Waals surface area contributed by atoms with E-state index in [0.717, 1.165) is 66.1 Å². The first-order valence-electron chi connectivity index (χ1n) is 16.6. The zero-order chi connectivity index (χ0) is 32.1. The third-order valence-electron chi connectivity index (χ3n) is 10.1. The highest BCUT2D eigenvalue weighted by Crippen LogP contribution is 2.51. The molecule has 0 aliphatic heterocycles. The van der Waals surface area contributed by atoms with Gasteiger partial charge in [-0.3, -0.25) is 0 Å². The molecule has 11 rings (SSSR count). The van der Waals surface area contributed by atoms with Crippen molar-refractivity contribution >= 4 is 86.0 Å². The monoisotopic (exact) mass is 642 g/mol. The van der Waals surface area contributed by atoms with Crippen LogP contribution in [-0.2, 0) is 0 Å². The number of hydrogen-bond donors (Lipinski definition) is 0. The van der Waals surface area contributed by atoms with Crippen molar-refractivity contribution in [2.45, 2.75) is 0 Å². The van der Waals surface area contributed by atoms with Gasteiger partial charge in [0.05, 0.1) is 5.39 Å². The lowest BCUT2D eigenvalue weighted by Gasteiger charge is -2.17. The molecule has 0 aliphatic carbocycles. The quantitative estimate of drug-likeness (QED) is 0.179. The van der Waals surface area contributed by atoms with Gasteiger partial charge in [-0.25, -0.2) is 0 Å². The Morgan fingerprint density at radius 2 is 0.959 bits per heavy atom. The van der Waals surface area contributed by atoms with Crippen molar-refractivity contribution in [2.24, 2.45) is 0 Å². The third-order valence-corrected chi connectivity index (χ3v) is 11.2. The Kier molecular flexibility index (Phi) is 5.57. The van der Waals surface area contributed by atoms with Crippen LogP contribution >= 0.6 is 11.3 Å². The number of benzene rings is 8. The summed E-state index contributed by atoms with van der Waals surface area (Å²) in [6.45, 7) is 0. The Bertz CT molecular complexity index is 3050. The highest BCUT2D eigenvalue weighted by Gasteiger charge is 2.26. The number of para-hydroxylation sites is 1. The van der Waals surface area contributed by atoms with Crippen molar-refractivity contribution in [3.8, 4) is 33.6 Å². The van der Waals surface area contributed by atoms with Crippen LogP contribution in [0.5, 0.6) is 0 Å². The molecule has 49 heavy (non-hydrogen) atoms. The van der Waals surface area contributed by atoms with Gasteiger partial charge in [-0.15, -0.1) is 11.3 Å². The fraction of sp³-hybridized carbons (Fsp3) is 0. The number of furan rings is 2. The van der Waals surface area contributed by atoms with Crippen molar-refractivity contribution in [3.63, 3.8) is 0 Å². The molecule has 0 saturated heterocycles. The summed E-state index contributed by atoms with van der Waals surface area (Å²) in [6.07, 6.45) is 0. The topological polar surface area (TPSA) is 26.3 Å². The highest BCUT2D eigenvalue weighted by molar-refractivity contribution is 7.25. The molecular formula is C46H26O2S. The van der Waals surface area contributed by atoms with Crippen LogP contribution in [0.15, 0.2) is 167 Å². The third kappa shape index (κ3) is 3.82. The van der Waals surface area contributed by atoms with E-state index in [1.807, 2.05) is 23.5 Å². The van der Waals surface area contributed by atoms with Crippen molar-refractivity contribution in [3.05, 3.63) is 158 Å². The van der Waals surface area contributed by atoms with E-state index < -0.39 is 0 Å². The lowest BCUT2D eigenvalue weighted by Crippen LogP contribution is -1.91. The second-order valence-corrected chi connectivity index (χ2v) is 13.8. The van der Waals surface area contributed by atoms with Crippen LogP contribution in [-0.4, -0.2) is 0 Å². The molecular weight excluding hydrogens is 617 g/mol. The van der Waals surface area contributed by atoms with Crippen LogP contribution in [0.4, 0.5) is 0 Å². The van der Waals surface area contributed by atoms with E-state index >= 15 is 0 Å². The van der Waals surface area contributed by atoms with Gasteiger partial charge in [0.1, 0.15) is 22.5 Å². The minimum Gasteiger partial charge on any atom is -0.455 e. The number of thiophene rings is 1. The lowest BCUT2D eigenvalue weighted by molar-refractivity contribution is 0.633. The Morgan fingerprint density at radius 3 is 1.71 bits per heavy atom. The molecule has 0 bridgehead atoms. The van der Waals surface area contributed by atoms with Crippen LogP contribution in [0.2, 0.25) is 0 Å². The molecule has 0 spiro atoms. The Hall–Kier alpha value is -6.16. The Labute approximate surface area is 285 Å². The van der Waals surface area contributed by atoms with Gasteiger partial charge < -0.3 is 8.83 Å². The molecule has 0 amide bonds. The van der Waals surface area contributed by atoms with Crippen molar-refractivity contribution in [1.82, 2.24) is 0 Å². The first-order chi connectivity index (χ1) is 24.3. The standard InChI is InChI=1S/C46H26O2S/c1-2-12-27(13-3-1)42-44-38(24-23-35-29-14-8-10-20-37(29)47-45(35)44)48-46(42)43-33-18-6-4-16-31(33)41(32-17-5-7-19-34(32)43)28-22-25-40-36(26-28)30-15-9-11-21-39(30)49-40/h1-26H. The van der Waals surface area contributed by atoms with Gasteiger partial charge in [0.2, 0.25) is 0 Å². The summed E-state index contributed by atoms with van der Waals surface area (Å²) >= 11 is 1.86. The molecule has 0 radical (unpaired) electrons. The maximum Gasteiger partial charge on any atom is 0.147 e. The summed E-state index contributed by atoms with van der Waals surface area (Å²) in [5, 5.41) is 10.5. The van der Waals surface area contributed by atoms with Gasteiger partial charge >= 0.3 is 0 Å². The average molecular weight is 643 g/mol. The van der Waals surface area contributed by atoms with Gasteiger partial charge in [0.25, 0.3) is 0 Å². The van der Waals surface area contributed by atoms with E-state index in [0.29, 0.717) is 0 Å². The SMILES string of the molecule is c1ccc(-c2c(-c3c4ccccc4c(-c4ccc5sc6ccccc6c5c4)c4ccccc34)oc3ccc4c5ccccc5oc4c23)cc1. The summed E-state index contributed by atoms with van der Waals surface area (Å²) in [5.41, 5.74) is 8.24. The number of fused-ring (bicyclic) bond motifs is 10. The first-order valence-corrected chi connectivity index (χ1v) is 17.4. The maximum absolute atomic E-state index is 7.04. The van der Waals surface area contributed by atoms with Gasteiger partial charge in [0, 0.05) is 42.1 Å². The lowest BCUT2D eigenvalue weighted by atomic mass is 9.86. The number of hydrogen-bond acceptors (Lipinski definition) is 3. The molecule has 228 valence electrons. The van der Waals surface area contributed by atoms with E-state index in [1.165, 1.54) is 42.1 Å². The predicted octanol–water partition coefficient (Wildman–Crippen LogP) is 14.0. The average Bonchev–Trinajstić information content (AvgIpc) is 3.85.